The SMILES string of the molecule is Cc1ccc(N2CCN(C3=NC(=O)C(=Cc4ccc(C(C)(C)C)cc4)S3)CC2)nn1. The molecular weight excluding hydrogens is 394 g/mol. The van der Waals surface area contributed by atoms with E-state index in [0.717, 1.165) is 48.4 Å². The zero-order chi connectivity index (χ0) is 21.3. The van der Waals surface area contributed by atoms with E-state index >= 15 is 0 Å². The molecule has 1 saturated heterocycles. The summed E-state index contributed by atoms with van der Waals surface area (Å²) in [7, 11) is 0. The lowest BCUT2D eigenvalue weighted by Gasteiger charge is -2.35. The van der Waals surface area contributed by atoms with Crippen molar-refractivity contribution in [3.63, 3.8) is 0 Å². The second-order valence-electron chi connectivity index (χ2n) is 8.69. The van der Waals surface area contributed by atoms with Gasteiger partial charge in [-0.25, -0.2) is 0 Å². The number of aryl methyl sites for hydroxylation is 1. The van der Waals surface area contributed by atoms with Crippen molar-refractivity contribution >= 4 is 34.7 Å². The van der Waals surface area contributed by atoms with Crippen LogP contribution in [0.1, 0.15) is 37.6 Å². The molecular formula is C23H27N5OS. The van der Waals surface area contributed by atoms with Crippen LogP contribution in [0.25, 0.3) is 6.08 Å². The van der Waals surface area contributed by atoms with Crippen LogP contribution in [0.15, 0.2) is 46.3 Å². The fraction of sp³-hybridized carbons (Fsp3) is 0.391. The van der Waals surface area contributed by atoms with Crippen LogP contribution in [0, 0.1) is 6.92 Å². The van der Waals surface area contributed by atoms with Gasteiger partial charge in [-0.05, 0) is 53.4 Å². The van der Waals surface area contributed by atoms with Crippen LogP contribution in [-0.4, -0.2) is 52.4 Å². The molecule has 0 saturated carbocycles. The first kappa shape index (κ1) is 20.6. The molecule has 1 amide bonds. The van der Waals surface area contributed by atoms with Gasteiger partial charge in [0.15, 0.2) is 11.0 Å². The molecule has 0 bridgehead atoms. The summed E-state index contributed by atoms with van der Waals surface area (Å²) in [6.45, 7) is 11.8. The van der Waals surface area contributed by atoms with Crippen LogP contribution in [0.4, 0.5) is 5.82 Å². The Labute approximate surface area is 182 Å². The number of thioether (sulfide) groups is 1. The van der Waals surface area contributed by atoms with E-state index in [1.807, 2.05) is 25.1 Å². The van der Waals surface area contributed by atoms with E-state index in [0.29, 0.717) is 4.91 Å². The van der Waals surface area contributed by atoms with Crippen molar-refractivity contribution in [3.8, 4) is 0 Å². The minimum atomic E-state index is -0.151. The molecule has 2 aliphatic rings. The zero-order valence-electron chi connectivity index (χ0n) is 17.9. The Morgan fingerprint density at radius 1 is 0.933 bits per heavy atom. The number of hydrogen-bond acceptors (Lipinski definition) is 6. The van der Waals surface area contributed by atoms with Gasteiger partial charge < -0.3 is 9.80 Å². The number of carbonyl (C=O) groups excluding carboxylic acids is 1. The highest BCUT2D eigenvalue weighted by Crippen LogP contribution is 2.31. The number of anilines is 1. The van der Waals surface area contributed by atoms with Crippen LogP contribution in [0.2, 0.25) is 0 Å². The molecule has 30 heavy (non-hydrogen) atoms. The Balaban J connectivity index is 1.38. The average molecular weight is 422 g/mol. The van der Waals surface area contributed by atoms with Gasteiger partial charge in [-0.15, -0.1) is 5.10 Å². The standard InChI is InChI=1S/C23H27N5OS/c1-16-5-10-20(26-25-16)27-11-13-28(14-12-27)22-24-21(29)19(30-22)15-17-6-8-18(9-7-17)23(2,3)4/h5-10,15H,11-14H2,1-4H3. The van der Waals surface area contributed by atoms with Gasteiger partial charge >= 0.3 is 0 Å². The zero-order valence-corrected chi connectivity index (χ0v) is 18.7. The molecule has 3 heterocycles. The number of nitrogens with zero attached hydrogens (tertiary/aromatic N) is 5. The highest BCUT2D eigenvalue weighted by molar-refractivity contribution is 8.18. The van der Waals surface area contributed by atoms with E-state index in [1.165, 1.54) is 17.3 Å². The molecule has 4 rings (SSSR count). The summed E-state index contributed by atoms with van der Waals surface area (Å²) in [5, 5.41) is 9.22. The maximum absolute atomic E-state index is 12.4. The summed E-state index contributed by atoms with van der Waals surface area (Å²) < 4.78 is 0. The molecule has 156 valence electrons. The molecule has 2 aliphatic heterocycles. The third kappa shape index (κ3) is 4.56. The maximum atomic E-state index is 12.4. The number of amides is 1. The predicted molar refractivity (Wildman–Crippen MR) is 124 cm³/mol. The lowest BCUT2D eigenvalue weighted by atomic mass is 9.87. The number of benzene rings is 1. The molecule has 1 fully saturated rings. The Kier molecular flexibility index (Phi) is 5.64. The van der Waals surface area contributed by atoms with Crippen LogP contribution in [-0.2, 0) is 10.2 Å². The van der Waals surface area contributed by atoms with E-state index in [4.69, 9.17) is 0 Å². The van der Waals surface area contributed by atoms with E-state index in [-0.39, 0.29) is 11.3 Å². The van der Waals surface area contributed by atoms with Gasteiger partial charge in [-0.3, -0.25) is 4.79 Å². The van der Waals surface area contributed by atoms with Crippen molar-refractivity contribution in [2.75, 3.05) is 31.1 Å². The fourth-order valence-corrected chi connectivity index (χ4v) is 4.42. The molecule has 0 N–H and O–H groups in total. The van der Waals surface area contributed by atoms with Crippen LogP contribution >= 0.6 is 11.8 Å². The van der Waals surface area contributed by atoms with Gasteiger partial charge in [-0.2, -0.15) is 10.1 Å². The third-order valence-corrected chi connectivity index (χ3v) is 6.39. The topological polar surface area (TPSA) is 61.7 Å². The fourth-order valence-electron chi connectivity index (χ4n) is 3.45. The molecule has 0 aliphatic carbocycles. The van der Waals surface area contributed by atoms with Crippen molar-refractivity contribution < 1.29 is 4.79 Å². The Morgan fingerprint density at radius 3 is 2.20 bits per heavy atom. The van der Waals surface area contributed by atoms with E-state index in [2.05, 4.69) is 70.0 Å². The molecule has 0 atom stereocenters. The number of piperazine rings is 1. The molecule has 7 heteroatoms. The minimum absolute atomic E-state index is 0.117. The van der Waals surface area contributed by atoms with Gasteiger partial charge in [0.05, 0.1) is 10.6 Å². The summed E-state index contributed by atoms with van der Waals surface area (Å²) >= 11 is 1.47. The van der Waals surface area contributed by atoms with Crippen LogP contribution in [0.5, 0.6) is 0 Å². The number of hydrogen-bond donors (Lipinski definition) is 0. The predicted octanol–water partition coefficient (Wildman–Crippen LogP) is 3.88. The molecule has 0 unspecified atom stereocenters. The Hall–Kier alpha value is -2.67. The van der Waals surface area contributed by atoms with Crippen LogP contribution in [0.3, 0.4) is 0 Å². The van der Waals surface area contributed by atoms with Gasteiger partial charge in [0.2, 0.25) is 0 Å². The largest absolute Gasteiger partial charge is 0.352 e. The second kappa shape index (κ2) is 8.22. The van der Waals surface area contributed by atoms with Crippen molar-refractivity contribution in [1.82, 2.24) is 15.1 Å². The molecule has 1 aromatic carbocycles. The van der Waals surface area contributed by atoms with Crippen molar-refractivity contribution in [2.24, 2.45) is 4.99 Å². The first-order valence-corrected chi connectivity index (χ1v) is 11.0. The number of aromatic nitrogens is 2. The third-order valence-electron chi connectivity index (χ3n) is 5.34. The van der Waals surface area contributed by atoms with E-state index in [1.54, 1.807) is 0 Å². The number of amidine groups is 1. The first-order valence-electron chi connectivity index (χ1n) is 10.2. The highest BCUT2D eigenvalue weighted by Gasteiger charge is 2.28. The molecule has 1 aromatic heterocycles. The summed E-state index contributed by atoms with van der Waals surface area (Å²) in [6, 6.07) is 12.4. The quantitative estimate of drug-likeness (QED) is 0.686. The number of rotatable bonds is 2. The second-order valence-corrected chi connectivity index (χ2v) is 9.70. The molecule has 6 nitrogen and oxygen atoms in total. The van der Waals surface area contributed by atoms with Gasteiger partial charge in [0.25, 0.3) is 5.91 Å². The van der Waals surface area contributed by atoms with Gasteiger partial charge in [0.1, 0.15) is 0 Å². The van der Waals surface area contributed by atoms with Gasteiger partial charge in [0, 0.05) is 26.2 Å². The lowest BCUT2D eigenvalue weighted by Crippen LogP contribution is -2.48. The maximum Gasteiger partial charge on any atom is 0.286 e. The summed E-state index contributed by atoms with van der Waals surface area (Å²) in [4.78, 5) is 21.8. The highest BCUT2D eigenvalue weighted by atomic mass is 32.2. The van der Waals surface area contributed by atoms with Crippen molar-refractivity contribution in [1.29, 1.82) is 0 Å². The smallest absolute Gasteiger partial charge is 0.286 e. The van der Waals surface area contributed by atoms with E-state index < -0.39 is 0 Å². The van der Waals surface area contributed by atoms with Crippen molar-refractivity contribution in [2.45, 2.75) is 33.1 Å². The molecule has 2 aromatic rings. The summed E-state index contributed by atoms with van der Waals surface area (Å²) in [5.74, 6) is 0.748. The molecule has 0 radical (unpaired) electrons. The monoisotopic (exact) mass is 421 g/mol. The minimum Gasteiger partial charge on any atom is -0.352 e. The van der Waals surface area contributed by atoms with Crippen LogP contribution < -0.4 is 4.90 Å². The number of carbonyl (C=O) groups is 1. The van der Waals surface area contributed by atoms with Gasteiger partial charge in [-0.1, -0.05) is 45.0 Å². The summed E-state index contributed by atoms with van der Waals surface area (Å²) in [5.41, 5.74) is 3.34. The Morgan fingerprint density at radius 2 is 1.60 bits per heavy atom. The van der Waals surface area contributed by atoms with E-state index in [9.17, 15) is 4.79 Å². The summed E-state index contributed by atoms with van der Waals surface area (Å²) in [6.07, 6.45) is 1.94. The first-order chi connectivity index (χ1) is 14.3. The lowest BCUT2D eigenvalue weighted by molar-refractivity contribution is -0.113. The Bertz CT molecular complexity index is 982. The normalized spacial score (nSPS) is 18.9. The number of aliphatic imine (C=N–C) groups is 1. The van der Waals surface area contributed by atoms with Crippen molar-refractivity contribution in [3.05, 3.63) is 58.1 Å². The molecule has 0 spiro atoms. The average Bonchev–Trinajstić information content (AvgIpc) is 3.09.